The molecule has 0 unspecified atom stereocenters. The highest BCUT2D eigenvalue weighted by molar-refractivity contribution is 6.39. The van der Waals surface area contributed by atoms with Gasteiger partial charge < -0.3 is 10.1 Å². The second kappa shape index (κ2) is 7.09. The van der Waals surface area contributed by atoms with E-state index in [0.29, 0.717) is 18.7 Å². The molecular weight excluding hydrogens is 313 g/mol. The lowest BCUT2D eigenvalue weighted by Crippen LogP contribution is -2.42. The Morgan fingerprint density at radius 1 is 1.38 bits per heavy atom. The highest BCUT2D eigenvalue weighted by Gasteiger charge is 2.31. The van der Waals surface area contributed by atoms with Crippen molar-refractivity contribution in [3.63, 3.8) is 0 Å². The van der Waals surface area contributed by atoms with Crippen molar-refractivity contribution in [2.45, 2.75) is 37.8 Å². The summed E-state index contributed by atoms with van der Waals surface area (Å²) >= 11 is 0. The predicted octanol–water partition coefficient (Wildman–Crippen LogP) is 1.77. The van der Waals surface area contributed by atoms with E-state index in [1.54, 1.807) is 12.1 Å². The third-order valence-electron chi connectivity index (χ3n) is 4.32. The van der Waals surface area contributed by atoms with E-state index in [9.17, 15) is 14.0 Å². The molecule has 0 radical (unpaired) electrons. The first-order valence-electron chi connectivity index (χ1n) is 8.06. The standard InChI is InChI=1S/C17H20FN3O3/c1-21-15(22)9-8-13(20-21)17(23)19-16(14-3-2-10-24-14)11-4-6-12(18)7-5-11/h4-7,14,16H,2-3,8-10H2,1H3,(H,19,23)/t14-,16-/m0/s1. The Morgan fingerprint density at radius 3 is 2.75 bits per heavy atom. The fraction of sp³-hybridized carbons (Fsp3) is 0.471. The number of halogens is 1. The number of carbonyl (C=O) groups is 2. The quantitative estimate of drug-likeness (QED) is 0.913. The number of benzene rings is 1. The van der Waals surface area contributed by atoms with Crippen molar-refractivity contribution in [3.05, 3.63) is 35.6 Å². The summed E-state index contributed by atoms with van der Waals surface area (Å²) in [5.74, 6) is -0.757. The summed E-state index contributed by atoms with van der Waals surface area (Å²) in [6, 6.07) is 5.68. The fourth-order valence-electron chi connectivity index (χ4n) is 2.98. The zero-order valence-electron chi connectivity index (χ0n) is 13.5. The average Bonchev–Trinajstić information content (AvgIpc) is 3.10. The number of hydrogen-bond acceptors (Lipinski definition) is 4. The zero-order valence-corrected chi connectivity index (χ0v) is 13.5. The van der Waals surface area contributed by atoms with Crippen molar-refractivity contribution in [3.8, 4) is 0 Å². The first-order valence-corrected chi connectivity index (χ1v) is 8.06. The molecule has 0 aliphatic carbocycles. The second-order valence-corrected chi connectivity index (χ2v) is 6.02. The number of nitrogens with one attached hydrogen (secondary N) is 1. The van der Waals surface area contributed by atoms with E-state index >= 15 is 0 Å². The molecule has 1 fully saturated rings. The van der Waals surface area contributed by atoms with Gasteiger partial charge >= 0.3 is 0 Å². The van der Waals surface area contributed by atoms with Gasteiger partial charge in [-0.25, -0.2) is 9.40 Å². The molecule has 24 heavy (non-hydrogen) atoms. The van der Waals surface area contributed by atoms with Crippen LogP contribution in [0, 0.1) is 5.82 Å². The maximum absolute atomic E-state index is 13.2. The van der Waals surface area contributed by atoms with Gasteiger partial charge in [0.05, 0.1) is 12.1 Å². The number of rotatable bonds is 4. The molecule has 0 spiro atoms. The molecule has 1 aromatic carbocycles. The smallest absolute Gasteiger partial charge is 0.268 e. The molecule has 0 saturated carbocycles. The van der Waals surface area contributed by atoms with Crippen LogP contribution in [0.15, 0.2) is 29.4 Å². The van der Waals surface area contributed by atoms with E-state index in [2.05, 4.69) is 10.4 Å². The molecule has 0 aromatic heterocycles. The van der Waals surface area contributed by atoms with Gasteiger partial charge in [0.1, 0.15) is 11.5 Å². The predicted molar refractivity (Wildman–Crippen MR) is 85.7 cm³/mol. The van der Waals surface area contributed by atoms with E-state index in [0.717, 1.165) is 18.4 Å². The van der Waals surface area contributed by atoms with Crippen LogP contribution in [0.2, 0.25) is 0 Å². The van der Waals surface area contributed by atoms with Gasteiger partial charge in [-0.15, -0.1) is 0 Å². The van der Waals surface area contributed by atoms with E-state index in [1.165, 1.54) is 24.2 Å². The zero-order chi connectivity index (χ0) is 17.1. The van der Waals surface area contributed by atoms with Gasteiger partial charge in [0.2, 0.25) is 5.91 Å². The summed E-state index contributed by atoms with van der Waals surface area (Å²) < 4.78 is 18.9. The van der Waals surface area contributed by atoms with Crippen LogP contribution < -0.4 is 5.32 Å². The lowest BCUT2D eigenvalue weighted by atomic mass is 9.98. The molecule has 2 amide bonds. The first kappa shape index (κ1) is 16.6. The van der Waals surface area contributed by atoms with Crippen molar-refractivity contribution in [1.29, 1.82) is 0 Å². The molecule has 2 aliphatic rings. The van der Waals surface area contributed by atoms with Crippen LogP contribution in [0.5, 0.6) is 0 Å². The number of hydrogen-bond donors (Lipinski definition) is 1. The Bertz CT molecular complexity index is 654. The van der Waals surface area contributed by atoms with Gasteiger partial charge in [-0.2, -0.15) is 5.10 Å². The summed E-state index contributed by atoms with van der Waals surface area (Å²) in [7, 11) is 1.53. The lowest BCUT2D eigenvalue weighted by molar-refractivity contribution is -0.130. The second-order valence-electron chi connectivity index (χ2n) is 6.02. The third-order valence-corrected chi connectivity index (χ3v) is 4.32. The summed E-state index contributed by atoms with van der Waals surface area (Å²) in [6.45, 7) is 0.649. The first-order chi connectivity index (χ1) is 11.5. The molecule has 2 heterocycles. The molecule has 1 aromatic rings. The highest BCUT2D eigenvalue weighted by atomic mass is 19.1. The molecule has 2 aliphatic heterocycles. The highest BCUT2D eigenvalue weighted by Crippen LogP contribution is 2.27. The molecule has 2 atom stereocenters. The Balaban J connectivity index is 1.78. The van der Waals surface area contributed by atoms with E-state index in [4.69, 9.17) is 4.74 Å². The molecule has 1 saturated heterocycles. The van der Waals surface area contributed by atoms with Crippen LogP contribution in [0.4, 0.5) is 4.39 Å². The molecule has 1 N–H and O–H groups in total. The number of carbonyl (C=O) groups excluding carboxylic acids is 2. The summed E-state index contributed by atoms with van der Waals surface area (Å²) in [4.78, 5) is 24.0. The van der Waals surface area contributed by atoms with Gasteiger partial charge in [-0.05, 0) is 30.5 Å². The molecular formula is C17H20FN3O3. The topological polar surface area (TPSA) is 71.0 Å². The minimum atomic E-state index is -0.369. The number of ether oxygens (including phenoxy) is 1. The average molecular weight is 333 g/mol. The molecule has 0 bridgehead atoms. The molecule has 128 valence electrons. The van der Waals surface area contributed by atoms with E-state index in [-0.39, 0.29) is 36.2 Å². The monoisotopic (exact) mass is 333 g/mol. The maximum atomic E-state index is 13.2. The number of nitrogens with zero attached hydrogens (tertiary/aromatic N) is 2. The lowest BCUT2D eigenvalue weighted by Gasteiger charge is -2.26. The van der Waals surface area contributed by atoms with Crippen LogP contribution in [0.25, 0.3) is 0 Å². The van der Waals surface area contributed by atoms with Crippen LogP contribution >= 0.6 is 0 Å². The van der Waals surface area contributed by atoms with Crippen molar-refractivity contribution < 1.29 is 18.7 Å². The molecule has 3 rings (SSSR count). The Kier molecular flexibility index (Phi) is 4.89. The minimum absolute atomic E-state index is 0.110. The van der Waals surface area contributed by atoms with E-state index in [1.807, 2.05) is 0 Å². The summed E-state index contributed by atoms with van der Waals surface area (Å²) in [6.07, 6.45) is 2.19. The Labute approximate surface area is 139 Å². The summed E-state index contributed by atoms with van der Waals surface area (Å²) in [5, 5.41) is 8.17. The normalized spacial score (nSPS) is 22.2. The Hall–Kier alpha value is -2.28. The fourth-order valence-corrected chi connectivity index (χ4v) is 2.98. The van der Waals surface area contributed by atoms with E-state index < -0.39 is 0 Å². The van der Waals surface area contributed by atoms with Gasteiger partial charge in [-0.3, -0.25) is 9.59 Å². The van der Waals surface area contributed by atoms with Gasteiger partial charge in [0.15, 0.2) is 0 Å². The maximum Gasteiger partial charge on any atom is 0.268 e. The molecule has 6 nitrogen and oxygen atoms in total. The van der Waals surface area contributed by atoms with Crippen molar-refractivity contribution >= 4 is 17.5 Å². The number of hydrazone groups is 1. The summed E-state index contributed by atoms with van der Waals surface area (Å²) in [5.41, 5.74) is 1.11. The van der Waals surface area contributed by atoms with Crippen LogP contribution in [0.3, 0.4) is 0 Å². The SMILES string of the molecule is CN1N=C(C(=O)N[C@@H](c2ccc(F)cc2)[C@@H]2CCCO2)CCC1=O. The van der Waals surface area contributed by atoms with Crippen molar-refractivity contribution in [2.75, 3.05) is 13.7 Å². The van der Waals surface area contributed by atoms with Gasteiger partial charge in [-0.1, -0.05) is 12.1 Å². The molecule has 7 heteroatoms. The largest absolute Gasteiger partial charge is 0.376 e. The van der Waals surface area contributed by atoms with Crippen LogP contribution in [-0.2, 0) is 14.3 Å². The van der Waals surface area contributed by atoms with Gasteiger partial charge in [0, 0.05) is 26.5 Å². The van der Waals surface area contributed by atoms with Crippen LogP contribution in [-0.4, -0.2) is 42.3 Å². The van der Waals surface area contributed by atoms with Gasteiger partial charge in [0.25, 0.3) is 5.91 Å². The van der Waals surface area contributed by atoms with Crippen molar-refractivity contribution in [2.24, 2.45) is 5.10 Å². The van der Waals surface area contributed by atoms with Crippen molar-refractivity contribution in [1.82, 2.24) is 10.3 Å². The third kappa shape index (κ3) is 3.62. The number of amides is 2. The Morgan fingerprint density at radius 2 is 2.12 bits per heavy atom. The minimum Gasteiger partial charge on any atom is -0.376 e. The van der Waals surface area contributed by atoms with Crippen LogP contribution in [0.1, 0.15) is 37.3 Å².